The molecule has 1 N–H and O–H groups in total. The minimum Gasteiger partial charge on any atom is -0.377 e. The van der Waals surface area contributed by atoms with Gasteiger partial charge in [-0.15, -0.1) is 0 Å². The van der Waals surface area contributed by atoms with Crippen molar-refractivity contribution in [2.45, 2.75) is 25.3 Å². The maximum absolute atomic E-state index is 11.2. The Kier molecular flexibility index (Phi) is 3.18. The van der Waals surface area contributed by atoms with Gasteiger partial charge in [0.1, 0.15) is 0 Å². The number of nitrogens with zero attached hydrogens (tertiary/aromatic N) is 1. The molecule has 0 saturated heterocycles. The Bertz CT molecular complexity index is 799. The fraction of sp³-hybridized carbons (Fsp3) is 0.263. The zero-order chi connectivity index (χ0) is 16.0. The van der Waals surface area contributed by atoms with Crippen LogP contribution in [0.2, 0.25) is 0 Å². The molecule has 4 nitrogen and oxygen atoms in total. The third-order valence-corrected chi connectivity index (χ3v) is 5.02. The molecule has 2 aromatic rings. The van der Waals surface area contributed by atoms with Crippen LogP contribution in [-0.4, -0.2) is 4.92 Å². The SMILES string of the molecule is Cc1cc([N+](=O)[O-])cc2c1N[C@H](c1ccccc1)[C@@H]1CC=C[C@H]21. The lowest BCUT2D eigenvalue weighted by Gasteiger charge is -2.38. The van der Waals surface area contributed by atoms with Crippen LogP contribution in [0.5, 0.6) is 0 Å². The van der Waals surface area contributed by atoms with Gasteiger partial charge in [0.25, 0.3) is 5.69 Å². The number of anilines is 1. The normalized spacial score (nSPS) is 24.7. The predicted octanol–water partition coefficient (Wildman–Crippen LogP) is 4.73. The summed E-state index contributed by atoms with van der Waals surface area (Å²) in [5.74, 6) is 0.654. The summed E-state index contributed by atoms with van der Waals surface area (Å²) in [6.45, 7) is 1.94. The van der Waals surface area contributed by atoms with Crippen LogP contribution in [0.15, 0.2) is 54.6 Å². The highest BCUT2D eigenvalue weighted by molar-refractivity contribution is 5.67. The Labute approximate surface area is 135 Å². The second-order valence-corrected chi connectivity index (χ2v) is 6.37. The number of nitrogens with one attached hydrogen (secondary N) is 1. The van der Waals surface area contributed by atoms with Gasteiger partial charge in [-0.2, -0.15) is 0 Å². The summed E-state index contributed by atoms with van der Waals surface area (Å²) in [6.07, 6.45) is 5.41. The average molecular weight is 306 g/mol. The fourth-order valence-electron chi connectivity index (χ4n) is 3.96. The first-order chi connectivity index (χ1) is 11.1. The monoisotopic (exact) mass is 306 g/mol. The predicted molar refractivity (Wildman–Crippen MR) is 90.6 cm³/mol. The third-order valence-electron chi connectivity index (χ3n) is 5.02. The van der Waals surface area contributed by atoms with Crippen LogP contribution in [0.3, 0.4) is 0 Å². The van der Waals surface area contributed by atoms with E-state index in [1.165, 1.54) is 5.56 Å². The van der Waals surface area contributed by atoms with Gasteiger partial charge in [-0.1, -0.05) is 42.5 Å². The third kappa shape index (κ3) is 2.22. The van der Waals surface area contributed by atoms with Crippen LogP contribution in [0.25, 0.3) is 0 Å². The maximum Gasteiger partial charge on any atom is 0.270 e. The van der Waals surface area contributed by atoms with Crippen LogP contribution < -0.4 is 5.32 Å². The topological polar surface area (TPSA) is 55.2 Å². The van der Waals surface area contributed by atoms with Crippen molar-refractivity contribution >= 4 is 11.4 Å². The van der Waals surface area contributed by atoms with E-state index in [2.05, 4.69) is 41.7 Å². The molecule has 23 heavy (non-hydrogen) atoms. The minimum absolute atomic E-state index is 0.181. The van der Waals surface area contributed by atoms with Crippen LogP contribution in [0.4, 0.5) is 11.4 Å². The number of benzene rings is 2. The number of hydrogen-bond donors (Lipinski definition) is 1. The Morgan fingerprint density at radius 2 is 2.00 bits per heavy atom. The molecule has 116 valence electrons. The first-order valence-corrected chi connectivity index (χ1v) is 7.92. The standard InChI is InChI=1S/C19H18N2O2/c1-12-10-14(21(22)23)11-17-15-8-5-9-16(15)19(20-18(12)17)13-6-3-2-4-7-13/h2-8,10-11,15-16,19-20H,9H2,1H3/t15-,16+,19+/m0/s1. The fourth-order valence-corrected chi connectivity index (χ4v) is 3.96. The van der Waals surface area contributed by atoms with E-state index in [9.17, 15) is 10.1 Å². The quantitative estimate of drug-likeness (QED) is 0.496. The summed E-state index contributed by atoms with van der Waals surface area (Å²) in [6, 6.07) is 14.1. The molecule has 0 spiro atoms. The number of nitro groups is 1. The molecule has 3 atom stereocenters. The summed E-state index contributed by atoms with van der Waals surface area (Å²) in [5.41, 5.74) is 4.50. The number of nitro benzene ring substituents is 1. The van der Waals surface area contributed by atoms with Crippen LogP contribution >= 0.6 is 0 Å². The molecule has 2 aliphatic rings. The van der Waals surface area contributed by atoms with Crippen LogP contribution in [0, 0.1) is 23.0 Å². The van der Waals surface area contributed by atoms with Crippen LogP contribution in [0.1, 0.15) is 35.1 Å². The number of allylic oxidation sites excluding steroid dienone is 2. The minimum atomic E-state index is -0.301. The average Bonchev–Trinajstić information content (AvgIpc) is 3.04. The Morgan fingerprint density at radius 1 is 1.22 bits per heavy atom. The van der Waals surface area contributed by atoms with Crippen molar-refractivity contribution in [1.29, 1.82) is 0 Å². The smallest absolute Gasteiger partial charge is 0.270 e. The lowest BCUT2D eigenvalue weighted by Crippen LogP contribution is -2.29. The van der Waals surface area contributed by atoms with Crippen molar-refractivity contribution < 1.29 is 4.92 Å². The zero-order valence-electron chi connectivity index (χ0n) is 12.9. The van der Waals surface area contributed by atoms with E-state index in [0.717, 1.165) is 23.2 Å². The molecule has 4 rings (SSSR count). The summed E-state index contributed by atoms with van der Waals surface area (Å²) >= 11 is 0. The Balaban J connectivity index is 1.84. The number of fused-ring (bicyclic) bond motifs is 3. The zero-order valence-corrected chi connectivity index (χ0v) is 12.9. The molecule has 0 unspecified atom stereocenters. The lowest BCUT2D eigenvalue weighted by molar-refractivity contribution is -0.385. The van der Waals surface area contributed by atoms with Crippen molar-refractivity contribution in [1.82, 2.24) is 0 Å². The maximum atomic E-state index is 11.2. The molecule has 1 aliphatic carbocycles. The first-order valence-electron chi connectivity index (χ1n) is 7.92. The van der Waals surface area contributed by atoms with Gasteiger partial charge >= 0.3 is 0 Å². The molecule has 4 heteroatoms. The highest BCUT2D eigenvalue weighted by Crippen LogP contribution is 2.51. The van der Waals surface area contributed by atoms with Crippen molar-refractivity contribution in [3.05, 3.63) is 81.4 Å². The lowest BCUT2D eigenvalue weighted by atomic mass is 9.76. The van der Waals surface area contributed by atoms with E-state index in [1.807, 2.05) is 13.0 Å². The van der Waals surface area contributed by atoms with Crippen molar-refractivity contribution in [3.8, 4) is 0 Å². The second-order valence-electron chi connectivity index (χ2n) is 6.37. The molecule has 0 saturated carbocycles. The molecule has 1 aliphatic heterocycles. The first kappa shape index (κ1) is 14.0. The van der Waals surface area contributed by atoms with Gasteiger partial charge in [0.15, 0.2) is 0 Å². The highest BCUT2D eigenvalue weighted by atomic mass is 16.6. The van der Waals surface area contributed by atoms with E-state index in [0.29, 0.717) is 5.92 Å². The summed E-state index contributed by atoms with van der Waals surface area (Å²) in [7, 11) is 0. The van der Waals surface area contributed by atoms with Gasteiger partial charge in [0, 0.05) is 23.7 Å². The van der Waals surface area contributed by atoms with Gasteiger partial charge in [0.05, 0.1) is 11.0 Å². The Hall–Kier alpha value is -2.62. The van der Waals surface area contributed by atoms with E-state index < -0.39 is 0 Å². The van der Waals surface area contributed by atoms with E-state index in [4.69, 9.17) is 0 Å². The second kappa shape index (κ2) is 5.23. The van der Waals surface area contributed by atoms with Gasteiger partial charge < -0.3 is 5.32 Å². The van der Waals surface area contributed by atoms with Crippen LogP contribution in [-0.2, 0) is 0 Å². The van der Waals surface area contributed by atoms with Gasteiger partial charge in [-0.3, -0.25) is 10.1 Å². The molecule has 0 fully saturated rings. The molecule has 2 aromatic carbocycles. The molecule has 0 bridgehead atoms. The van der Waals surface area contributed by atoms with Crippen molar-refractivity contribution in [3.63, 3.8) is 0 Å². The molecule has 0 amide bonds. The number of non-ortho nitro benzene ring substituents is 1. The highest BCUT2D eigenvalue weighted by Gasteiger charge is 2.39. The van der Waals surface area contributed by atoms with E-state index in [1.54, 1.807) is 12.1 Å². The van der Waals surface area contributed by atoms with Gasteiger partial charge in [0.2, 0.25) is 0 Å². The summed E-state index contributed by atoms with van der Waals surface area (Å²) in [4.78, 5) is 10.9. The van der Waals surface area contributed by atoms with Crippen molar-refractivity contribution in [2.75, 3.05) is 5.32 Å². The van der Waals surface area contributed by atoms with Gasteiger partial charge in [-0.05, 0) is 36.0 Å². The molecular weight excluding hydrogens is 288 g/mol. The Morgan fingerprint density at radius 3 is 2.74 bits per heavy atom. The van der Waals surface area contributed by atoms with Crippen molar-refractivity contribution in [2.24, 2.45) is 5.92 Å². The van der Waals surface area contributed by atoms with Gasteiger partial charge in [-0.25, -0.2) is 0 Å². The van der Waals surface area contributed by atoms with E-state index in [-0.39, 0.29) is 22.6 Å². The van der Waals surface area contributed by atoms with E-state index >= 15 is 0 Å². The largest absolute Gasteiger partial charge is 0.377 e. The summed E-state index contributed by atoms with van der Waals surface area (Å²) < 4.78 is 0. The number of aryl methyl sites for hydroxylation is 1. The molecule has 0 aromatic heterocycles. The number of rotatable bonds is 2. The number of hydrogen-bond acceptors (Lipinski definition) is 3. The molecule has 0 radical (unpaired) electrons. The summed E-state index contributed by atoms with van der Waals surface area (Å²) in [5, 5.41) is 14.8. The molecular formula is C19H18N2O2. The molecule has 1 heterocycles.